The molecule has 3 aromatic rings. The minimum Gasteiger partial charge on any atom is -0.393 e. The first-order valence-electron chi connectivity index (χ1n) is 19.5. The third-order valence-electron chi connectivity index (χ3n) is 12.8. The number of hydroxylamine groups is 2. The molecule has 0 unspecified atom stereocenters. The van der Waals surface area contributed by atoms with Gasteiger partial charge in [-0.05, 0) is 102 Å². The topological polar surface area (TPSA) is 123 Å². The maximum atomic E-state index is 14.4. The number of hydrogen-bond donors (Lipinski definition) is 4. The van der Waals surface area contributed by atoms with Crippen molar-refractivity contribution in [2.75, 3.05) is 32.1 Å². The Balaban J connectivity index is 1.26. The summed E-state index contributed by atoms with van der Waals surface area (Å²) in [5, 5.41) is 22.2. The first-order valence-corrected chi connectivity index (χ1v) is 19.5. The molecular weight excluding hydrogens is 679 g/mol. The number of carbonyl (C=O) groups is 3. The summed E-state index contributed by atoms with van der Waals surface area (Å²) in [4.78, 5) is 48.3. The molecule has 1 heterocycles. The lowest BCUT2D eigenvalue weighted by atomic mass is 9.45. The van der Waals surface area contributed by atoms with Crippen molar-refractivity contribution in [3.8, 4) is 11.1 Å². The van der Waals surface area contributed by atoms with Gasteiger partial charge in [-0.1, -0.05) is 69.3 Å². The van der Waals surface area contributed by atoms with Gasteiger partial charge in [0.2, 0.25) is 11.8 Å². The first-order chi connectivity index (χ1) is 25.6. The minimum absolute atomic E-state index is 0.0546. The highest BCUT2D eigenvalue weighted by Crippen LogP contribution is 2.61. The number of carbonyl (C=O) groups excluding carboxylic acids is 3. The highest BCUT2D eigenvalue weighted by Gasteiger charge is 2.57. The summed E-state index contributed by atoms with van der Waals surface area (Å²) in [6, 6.07) is 21.4. The van der Waals surface area contributed by atoms with Crippen molar-refractivity contribution in [1.82, 2.24) is 21.0 Å². The maximum absolute atomic E-state index is 14.4. The van der Waals surface area contributed by atoms with E-state index >= 15 is 0 Å². The number of fused-ring (bicyclic) bond motifs is 2. The number of hydrogen-bond acceptors (Lipinski definition) is 7. The zero-order valence-corrected chi connectivity index (χ0v) is 33.2. The van der Waals surface area contributed by atoms with Crippen LogP contribution in [-0.4, -0.2) is 79.4 Å². The Hall–Kier alpha value is -4.25. The number of anilines is 1. The predicted octanol–water partition coefficient (Wildman–Crippen LogP) is 5.50. The van der Waals surface area contributed by atoms with E-state index in [9.17, 15) is 19.5 Å². The molecule has 10 heteroatoms. The SMILES string of the molecule is CC(=O)NC[C@@H]1ON(Cc2cccc(-c3cc(C(=O)NCCc4ccccc4)cc(N(C)C)c3)c2C)[C@H](C(=O)N[C@H]2C[C@H]3C[C@@H]([C@@H]2C)C3(C)C)[C@@H]1[C@H](C)O. The fourth-order valence-electron chi connectivity index (χ4n) is 9.31. The number of rotatable bonds is 13. The molecule has 3 aromatic carbocycles. The Morgan fingerprint density at radius 2 is 1.76 bits per heavy atom. The summed E-state index contributed by atoms with van der Waals surface area (Å²) in [6.07, 6.45) is 1.44. The molecule has 0 spiro atoms. The van der Waals surface area contributed by atoms with Gasteiger partial charge >= 0.3 is 0 Å². The number of nitrogens with one attached hydrogen (secondary N) is 3. The molecule has 8 atom stereocenters. The molecule has 7 rings (SSSR count). The van der Waals surface area contributed by atoms with Crippen molar-refractivity contribution in [3.05, 3.63) is 89.0 Å². The Kier molecular flexibility index (Phi) is 11.9. The van der Waals surface area contributed by atoms with Crippen LogP contribution < -0.4 is 20.9 Å². The molecule has 4 aliphatic rings. The fourth-order valence-corrected chi connectivity index (χ4v) is 9.31. The van der Waals surface area contributed by atoms with Gasteiger partial charge < -0.3 is 26.0 Å². The van der Waals surface area contributed by atoms with Gasteiger partial charge in [-0.25, -0.2) is 0 Å². The van der Waals surface area contributed by atoms with E-state index in [4.69, 9.17) is 4.84 Å². The number of amides is 3. The van der Waals surface area contributed by atoms with Crippen LogP contribution in [0.2, 0.25) is 0 Å². The quantitative estimate of drug-likeness (QED) is 0.183. The molecule has 290 valence electrons. The molecule has 0 aromatic heterocycles. The van der Waals surface area contributed by atoms with Crippen LogP contribution in [-0.2, 0) is 27.4 Å². The van der Waals surface area contributed by atoms with Gasteiger partial charge in [-0.15, -0.1) is 0 Å². The Morgan fingerprint density at radius 1 is 1.02 bits per heavy atom. The number of nitrogens with zero attached hydrogens (tertiary/aromatic N) is 2. The van der Waals surface area contributed by atoms with E-state index in [2.05, 4.69) is 67.9 Å². The fraction of sp³-hybridized carbons (Fsp3) is 0.523. The van der Waals surface area contributed by atoms with Crippen molar-refractivity contribution in [2.24, 2.45) is 29.1 Å². The molecule has 0 radical (unpaired) electrons. The predicted molar refractivity (Wildman–Crippen MR) is 213 cm³/mol. The summed E-state index contributed by atoms with van der Waals surface area (Å²) in [6.45, 7) is 13.1. The second-order valence-corrected chi connectivity index (χ2v) is 16.7. The van der Waals surface area contributed by atoms with Crippen LogP contribution in [0.4, 0.5) is 5.69 Å². The van der Waals surface area contributed by atoms with Gasteiger partial charge in [0.15, 0.2) is 0 Å². The summed E-state index contributed by atoms with van der Waals surface area (Å²) in [5.74, 6) is 0.437. The third-order valence-corrected chi connectivity index (χ3v) is 12.8. The van der Waals surface area contributed by atoms with E-state index in [0.717, 1.165) is 40.8 Å². The van der Waals surface area contributed by atoms with Crippen LogP contribution >= 0.6 is 0 Å². The van der Waals surface area contributed by atoms with Gasteiger partial charge in [0, 0.05) is 57.3 Å². The van der Waals surface area contributed by atoms with Gasteiger partial charge in [0.05, 0.1) is 12.6 Å². The van der Waals surface area contributed by atoms with Crippen LogP contribution in [0.3, 0.4) is 0 Å². The summed E-state index contributed by atoms with van der Waals surface area (Å²) in [5.41, 5.74) is 6.76. The smallest absolute Gasteiger partial charge is 0.251 e. The molecule has 2 bridgehead atoms. The lowest BCUT2D eigenvalue weighted by molar-refractivity contribution is -0.177. The molecule has 4 fully saturated rings. The van der Waals surface area contributed by atoms with Gasteiger partial charge in [0.1, 0.15) is 12.1 Å². The second-order valence-electron chi connectivity index (χ2n) is 16.7. The molecule has 3 amide bonds. The van der Waals surface area contributed by atoms with E-state index in [1.54, 1.807) is 12.0 Å². The summed E-state index contributed by atoms with van der Waals surface area (Å²) >= 11 is 0. The lowest BCUT2D eigenvalue weighted by Crippen LogP contribution is -2.62. The highest BCUT2D eigenvalue weighted by molar-refractivity contribution is 5.97. The zero-order chi connectivity index (χ0) is 38.9. The molecule has 1 aliphatic heterocycles. The van der Waals surface area contributed by atoms with Crippen LogP contribution in [0.5, 0.6) is 0 Å². The number of benzene rings is 3. The Bertz CT molecular complexity index is 1830. The van der Waals surface area contributed by atoms with Crippen LogP contribution in [0.1, 0.15) is 74.5 Å². The Labute approximate surface area is 321 Å². The normalized spacial score (nSPS) is 26.4. The zero-order valence-electron chi connectivity index (χ0n) is 33.2. The third kappa shape index (κ3) is 8.21. The van der Waals surface area contributed by atoms with Crippen LogP contribution in [0.25, 0.3) is 11.1 Å². The number of aliphatic hydroxyl groups excluding tert-OH is 1. The summed E-state index contributed by atoms with van der Waals surface area (Å²) in [7, 11) is 3.92. The monoisotopic (exact) mass is 737 g/mol. The summed E-state index contributed by atoms with van der Waals surface area (Å²) < 4.78 is 0. The molecule has 4 N–H and O–H groups in total. The number of aliphatic hydroxyl groups is 1. The van der Waals surface area contributed by atoms with Gasteiger partial charge in [0.25, 0.3) is 5.91 Å². The Morgan fingerprint density at radius 3 is 2.41 bits per heavy atom. The van der Waals surface area contributed by atoms with E-state index < -0.39 is 24.2 Å². The van der Waals surface area contributed by atoms with Crippen molar-refractivity contribution < 1.29 is 24.3 Å². The van der Waals surface area contributed by atoms with E-state index in [-0.39, 0.29) is 42.3 Å². The van der Waals surface area contributed by atoms with Gasteiger partial charge in [-0.2, -0.15) is 5.06 Å². The molecule has 10 nitrogen and oxygen atoms in total. The molecule has 3 aliphatic carbocycles. The maximum Gasteiger partial charge on any atom is 0.251 e. The van der Waals surface area contributed by atoms with Crippen molar-refractivity contribution in [2.45, 2.75) is 91.6 Å². The average Bonchev–Trinajstić information content (AvgIpc) is 3.50. The van der Waals surface area contributed by atoms with Crippen molar-refractivity contribution in [1.29, 1.82) is 0 Å². The van der Waals surface area contributed by atoms with Crippen LogP contribution in [0.15, 0.2) is 66.7 Å². The second kappa shape index (κ2) is 16.2. The molecule has 1 saturated heterocycles. The first kappa shape index (κ1) is 39.4. The van der Waals surface area contributed by atoms with E-state index in [1.807, 2.05) is 61.5 Å². The van der Waals surface area contributed by atoms with E-state index in [0.29, 0.717) is 29.9 Å². The molecule has 54 heavy (non-hydrogen) atoms. The molecular formula is C44H59N5O5. The van der Waals surface area contributed by atoms with Crippen molar-refractivity contribution >= 4 is 23.4 Å². The van der Waals surface area contributed by atoms with Crippen LogP contribution in [0, 0.1) is 36.0 Å². The average molecular weight is 738 g/mol. The standard InChI is InChI=1S/C44H59N5O5/c1-26-31(15-12-16-36(26)32-19-33(21-35(20-32)48(7)8)42(52)45-18-17-30-13-10-9-11-14-30)25-49-41(40(28(3)50)39(54-49)24-46-29(4)51)43(53)47-38-23-34-22-37(27(38)2)44(34,5)6/h9-16,19-21,27-28,34,37-41,50H,17-18,22-25H2,1-8H3,(H,45,52)(H,46,51)(H,47,53)/t27-,28-,34+,37-,38-,39-,40+,41-/m0/s1. The minimum atomic E-state index is -0.862. The highest BCUT2D eigenvalue weighted by atomic mass is 16.7. The van der Waals surface area contributed by atoms with Crippen molar-refractivity contribution in [3.63, 3.8) is 0 Å². The molecule has 3 saturated carbocycles. The van der Waals surface area contributed by atoms with Gasteiger partial charge in [-0.3, -0.25) is 19.2 Å². The van der Waals surface area contributed by atoms with E-state index in [1.165, 1.54) is 18.9 Å². The largest absolute Gasteiger partial charge is 0.393 e. The lowest BCUT2D eigenvalue weighted by Gasteiger charge is -2.62.